The van der Waals surface area contributed by atoms with E-state index < -0.39 is 0 Å². The Labute approximate surface area is 84.1 Å². The first-order valence-electron chi connectivity index (χ1n) is 3.94. The van der Waals surface area contributed by atoms with E-state index in [4.69, 9.17) is 5.11 Å². The molecule has 1 N–H and O–H groups in total. The van der Waals surface area contributed by atoms with Crippen LogP contribution in [0, 0.1) is 0 Å². The molecular weight excluding hydrogens is 232 g/mol. The van der Waals surface area contributed by atoms with Crippen LogP contribution in [0.4, 0.5) is 0 Å². The number of benzene rings is 1. The minimum atomic E-state index is -0.0301. The number of aliphatic hydroxyl groups excluding tert-OH is 1. The van der Waals surface area contributed by atoms with Crippen LogP contribution in [-0.4, -0.2) is 14.7 Å². The van der Waals surface area contributed by atoms with E-state index in [0.29, 0.717) is 5.82 Å². The van der Waals surface area contributed by atoms with Crippen molar-refractivity contribution >= 4 is 27.0 Å². The highest BCUT2D eigenvalue weighted by atomic mass is 79.9. The largest absolute Gasteiger partial charge is 0.388 e. The van der Waals surface area contributed by atoms with Gasteiger partial charge in [-0.1, -0.05) is 6.07 Å². The molecule has 0 amide bonds. The first kappa shape index (κ1) is 8.72. The number of aryl methyl sites for hydroxylation is 1. The summed E-state index contributed by atoms with van der Waals surface area (Å²) in [5.41, 5.74) is 1.92. The summed E-state index contributed by atoms with van der Waals surface area (Å²) in [6.07, 6.45) is 0. The van der Waals surface area contributed by atoms with Crippen LogP contribution < -0.4 is 0 Å². The molecule has 0 aliphatic carbocycles. The fourth-order valence-electron chi connectivity index (χ4n) is 1.37. The predicted octanol–water partition coefficient (Wildman–Crippen LogP) is 1.83. The molecule has 4 heteroatoms. The second-order valence-corrected chi connectivity index (χ2v) is 3.71. The summed E-state index contributed by atoms with van der Waals surface area (Å²) in [6.45, 7) is -0.0301. The topological polar surface area (TPSA) is 38.0 Å². The van der Waals surface area contributed by atoms with E-state index >= 15 is 0 Å². The van der Waals surface area contributed by atoms with Crippen molar-refractivity contribution in [2.45, 2.75) is 6.61 Å². The van der Waals surface area contributed by atoms with Crippen molar-refractivity contribution in [1.82, 2.24) is 9.55 Å². The molecule has 3 nitrogen and oxygen atoms in total. The number of rotatable bonds is 1. The summed E-state index contributed by atoms with van der Waals surface area (Å²) in [5.74, 6) is 0.682. The Kier molecular flexibility index (Phi) is 2.09. The van der Waals surface area contributed by atoms with Gasteiger partial charge in [0.1, 0.15) is 17.9 Å². The summed E-state index contributed by atoms with van der Waals surface area (Å²) >= 11 is 3.42. The lowest BCUT2D eigenvalue weighted by molar-refractivity contribution is 0.268. The van der Waals surface area contributed by atoms with Gasteiger partial charge in [0.2, 0.25) is 0 Å². The molecule has 0 aliphatic heterocycles. The Morgan fingerprint density at radius 3 is 2.92 bits per heavy atom. The van der Waals surface area contributed by atoms with E-state index in [1.807, 2.05) is 29.8 Å². The first-order chi connectivity index (χ1) is 6.24. The van der Waals surface area contributed by atoms with Crippen molar-refractivity contribution in [2.24, 2.45) is 7.05 Å². The minimum absolute atomic E-state index is 0.0301. The number of fused-ring (bicyclic) bond motifs is 1. The van der Waals surface area contributed by atoms with Gasteiger partial charge in [0.15, 0.2) is 0 Å². The second kappa shape index (κ2) is 3.12. The number of hydrogen-bond acceptors (Lipinski definition) is 2. The van der Waals surface area contributed by atoms with E-state index in [2.05, 4.69) is 20.9 Å². The third-order valence-corrected chi connectivity index (χ3v) is 2.74. The third kappa shape index (κ3) is 1.26. The van der Waals surface area contributed by atoms with Gasteiger partial charge in [0.25, 0.3) is 0 Å². The van der Waals surface area contributed by atoms with E-state index in [9.17, 15) is 0 Å². The molecule has 68 valence electrons. The zero-order chi connectivity index (χ0) is 9.42. The standard InChI is InChI=1S/C9H9BrN2O/c1-12-7-4-2-3-6(10)9(7)11-8(12)5-13/h2-4,13H,5H2,1H3. The van der Waals surface area contributed by atoms with Gasteiger partial charge in [-0.2, -0.15) is 0 Å². The maximum absolute atomic E-state index is 9.01. The molecule has 1 heterocycles. The van der Waals surface area contributed by atoms with Crippen molar-refractivity contribution in [3.05, 3.63) is 28.5 Å². The average Bonchev–Trinajstić information content (AvgIpc) is 2.45. The van der Waals surface area contributed by atoms with Crippen LogP contribution >= 0.6 is 15.9 Å². The number of nitrogens with zero attached hydrogens (tertiary/aromatic N) is 2. The van der Waals surface area contributed by atoms with E-state index in [0.717, 1.165) is 15.5 Å². The molecule has 0 bridgehead atoms. The van der Waals surface area contributed by atoms with Gasteiger partial charge in [0.05, 0.1) is 5.52 Å². The van der Waals surface area contributed by atoms with Crippen LogP contribution in [0.2, 0.25) is 0 Å². The number of imidazole rings is 1. The van der Waals surface area contributed by atoms with E-state index in [1.165, 1.54) is 0 Å². The summed E-state index contributed by atoms with van der Waals surface area (Å²) in [4.78, 5) is 4.30. The van der Waals surface area contributed by atoms with Crippen molar-refractivity contribution in [3.63, 3.8) is 0 Å². The normalized spacial score (nSPS) is 11.0. The molecule has 0 aliphatic rings. The van der Waals surface area contributed by atoms with Crippen LogP contribution in [0.1, 0.15) is 5.82 Å². The summed E-state index contributed by atoms with van der Waals surface area (Å²) in [6, 6.07) is 5.87. The highest BCUT2D eigenvalue weighted by molar-refractivity contribution is 9.10. The molecule has 0 radical (unpaired) electrons. The second-order valence-electron chi connectivity index (χ2n) is 2.85. The van der Waals surface area contributed by atoms with Crippen molar-refractivity contribution < 1.29 is 5.11 Å². The lowest BCUT2D eigenvalue weighted by atomic mass is 10.3. The number of hydrogen-bond donors (Lipinski definition) is 1. The van der Waals surface area contributed by atoms with E-state index in [1.54, 1.807) is 0 Å². The molecular formula is C9H9BrN2O. The first-order valence-corrected chi connectivity index (χ1v) is 4.74. The Hall–Kier alpha value is -0.870. The number of halogens is 1. The molecule has 0 atom stereocenters. The number of aliphatic hydroxyl groups is 1. The highest BCUT2D eigenvalue weighted by Gasteiger charge is 2.07. The van der Waals surface area contributed by atoms with Gasteiger partial charge in [-0.3, -0.25) is 0 Å². The van der Waals surface area contributed by atoms with Gasteiger partial charge in [-0.25, -0.2) is 4.98 Å². The number of para-hydroxylation sites is 1. The van der Waals surface area contributed by atoms with Crippen molar-refractivity contribution in [3.8, 4) is 0 Å². The van der Waals surface area contributed by atoms with Crippen molar-refractivity contribution in [1.29, 1.82) is 0 Å². The molecule has 0 saturated carbocycles. The van der Waals surface area contributed by atoms with Crippen LogP contribution in [0.25, 0.3) is 11.0 Å². The van der Waals surface area contributed by atoms with Crippen LogP contribution in [0.15, 0.2) is 22.7 Å². The average molecular weight is 241 g/mol. The third-order valence-electron chi connectivity index (χ3n) is 2.10. The van der Waals surface area contributed by atoms with Crippen LogP contribution in [0.5, 0.6) is 0 Å². The Bertz CT molecular complexity index is 450. The molecule has 0 fully saturated rings. The molecule has 0 spiro atoms. The summed E-state index contributed by atoms with van der Waals surface area (Å²) in [5, 5.41) is 9.01. The highest BCUT2D eigenvalue weighted by Crippen LogP contribution is 2.23. The smallest absolute Gasteiger partial charge is 0.135 e. The van der Waals surface area contributed by atoms with Gasteiger partial charge >= 0.3 is 0 Å². The van der Waals surface area contributed by atoms with Crippen LogP contribution in [-0.2, 0) is 13.7 Å². The SMILES string of the molecule is Cn1c(CO)nc2c(Br)cccc21. The predicted molar refractivity (Wildman–Crippen MR) is 54.3 cm³/mol. The monoisotopic (exact) mass is 240 g/mol. The quantitative estimate of drug-likeness (QED) is 0.827. The molecule has 13 heavy (non-hydrogen) atoms. The van der Waals surface area contributed by atoms with Gasteiger partial charge in [0, 0.05) is 11.5 Å². The molecule has 1 aromatic heterocycles. The molecule has 2 rings (SSSR count). The molecule has 0 saturated heterocycles. The lowest BCUT2D eigenvalue weighted by Crippen LogP contribution is -1.96. The minimum Gasteiger partial charge on any atom is -0.388 e. The maximum atomic E-state index is 9.01. The zero-order valence-electron chi connectivity index (χ0n) is 7.16. The summed E-state index contributed by atoms with van der Waals surface area (Å²) in [7, 11) is 1.90. The Balaban J connectivity index is 2.83. The van der Waals surface area contributed by atoms with Gasteiger partial charge in [-0.15, -0.1) is 0 Å². The van der Waals surface area contributed by atoms with Crippen LogP contribution in [0.3, 0.4) is 0 Å². The number of aromatic nitrogens is 2. The Morgan fingerprint density at radius 1 is 1.54 bits per heavy atom. The Morgan fingerprint density at radius 2 is 2.31 bits per heavy atom. The fourth-order valence-corrected chi connectivity index (χ4v) is 1.81. The zero-order valence-corrected chi connectivity index (χ0v) is 8.74. The van der Waals surface area contributed by atoms with Gasteiger partial charge < -0.3 is 9.67 Å². The molecule has 2 aromatic rings. The lowest BCUT2D eigenvalue weighted by Gasteiger charge is -1.97. The molecule has 0 unspecified atom stereocenters. The van der Waals surface area contributed by atoms with Gasteiger partial charge in [-0.05, 0) is 28.1 Å². The van der Waals surface area contributed by atoms with Crippen molar-refractivity contribution in [2.75, 3.05) is 0 Å². The molecule has 1 aromatic carbocycles. The van der Waals surface area contributed by atoms with E-state index in [-0.39, 0.29) is 6.61 Å². The maximum Gasteiger partial charge on any atom is 0.135 e. The summed E-state index contributed by atoms with van der Waals surface area (Å²) < 4.78 is 2.85. The fraction of sp³-hybridized carbons (Fsp3) is 0.222.